The Kier molecular flexibility index (Phi) is 6.13. The normalized spacial score (nSPS) is 20.3. The van der Waals surface area contributed by atoms with Crippen LogP contribution in [-0.4, -0.2) is 65.3 Å². The quantitative estimate of drug-likeness (QED) is 0.676. The summed E-state index contributed by atoms with van der Waals surface area (Å²) < 4.78 is 0. The molecule has 4 heterocycles. The summed E-state index contributed by atoms with van der Waals surface area (Å²) in [5.74, 6) is 2.78. The van der Waals surface area contributed by atoms with E-state index in [1.165, 1.54) is 4.90 Å². The van der Waals surface area contributed by atoms with Gasteiger partial charge in [0.15, 0.2) is 0 Å². The Balaban J connectivity index is 1.35. The van der Waals surface area contributed by atoms with Gasteiger partial charge in [0.05, 0.1) is 10.6 Å². The van der Waals surface area contributed by atoms with Crippen LogP contribution in [0.25, 0.3) is 0 Å². The first-order chi connectivity index (χ1) is 15.5. The molecule has 7 nitrogen and oxygen atoms in total. The van der Waals surface area contributed by atoms with Crippen LogP contribution in [0.3, 0.4) is 0 Å². The Bertz CT molecular complexity index is 1040. The number of fused-ring (bicyclic) bond motifs is 1. The summed E-state index contributed by atoms with van der Waals surface area (Å²) in [7, 11) is 2.07. The van der Waals surface area contributed by atoms with Crippen LogP contribution >= 0.6 is 35.0 Å². The van der Waals surface area contributed by atoms with Crippen molar-refractivity contribution < 1.29 is 4.79 Å². The molecule has 5 rings (SSSR count). The smallest absolute Gasteiger partial charge is 0.240 e. The highest BCUT2D eigenvalue weighted by atomic mass is 35.5. The van der Waals surface area contributed by atoms with Gasteiger partial charge in [0.2, 0.25) is 11.9 Å². The highest BCUT2D eigenvalue weighted by Gasteiger charge is 2.47. The molecule has 2 N–H and O–H groups in total. The Morgan fingerprint density at radius 2 is 2.03 bits per heavy atom. The van der Waals surface area contributed by atoms with Crippen molar-refractivity contribution in [2.24, 2.45) is 0 Å². The average molecular weight is 493 g/mol. The summed E-state index contributed by atoms with van der Waals surface area (Å²) in [6, 6.07) is 5.49. The molecule has 3 aliphatic rings. The highest BCUT2D eigenvalue weighted by Crippen LogP contribution is 2.40. The number of halogens is 2. The first-order valence-corrected chi connectivity index (χ1v) is 12.7. The van der Waals surface area contributed by atoms with Gasteiger partial charge in [0.1, 0.15) is 11.4 Å². The number of hydrogen-bond donors (Lipinski definition) is 2. The first kappa shape index (κ1) is 22.1. The molecular weight excluding hydrogens is 467 g/mol. The number of piperidine rings is 1. The van der Waals surface area contributed by atoms with Crippen LogP contribution < -0.4 is 15.5 Å². The lowest BCUT2D eigenvalue weighted by atomic mass is 9.83. The van der Waals surface area contributed by atoms with Crippen LogP contribution in [-0.2, 0) is 17.8 Å². The van der Waals surface area contributed by atoms with Gasteiger partial charge in [-0.25, -0.2) is 4.98 Å². The van der Waals surface area contributed by atoms with Crippen LogP contribution in [0.1, 0.15) is 24.1 Å². The maximum absolute atomic E-state index is 12.7. The number of aryl methyl sites for hydroxylation is 1. The molecule has 2 fully saturated rings. The largest absolute Gasteiger partial charge is 0.355 e. The minimum atomic E-state index is -0.398. The Labute approximate surface area is 202 Å². The molecule has 1 aromatic carbocycles. The van der Waals surface area contributed by atoms with E-state index in [9.17, 15) is 4.79 Å². The molecule has 0 bridgehead atoms. The summed E-state index contributed by atoms with van der Waals surface area (Å²) in [5.41, 5.74) is 1.64. The number of hydrogen-bond acceptors (Lipinski definition) is 7. The van der Waals surface area contributed by atoms with Crippen molar-refractivity contribution in [3.63, 3.8) is 0 Å². The van der Waals surface area contributed by atoms with Crippen LogP contribution in [0.2, 0.25) is 10.0 Å². The summed E-state index contributed by atoms with van der Waals surface area (Å²) >= 11 is 14.2. The molecule has 0 atom stereocenters. The minimum absolute atomic E-state index is 0.162. The van der Waals surface area contributed by atoms with Crippen LogP contribution in [0, 0.1) is 0 Å². The monoisotopic (exact) mass is 492 g/mol. The van der Waals surface area contributed by atoms with E-state index in [0.717, 1.165) is 68.3 Å². The highest BCUT2D eigenvalue weighted by molar-refractivity contribution is 7.99. The van der Waals surface area contributed by atoms with Crippen molar-refractivity contribution in [3.8, 4) is 0 Å². The molecule has 0 unspecified atom stereocenters. The minimum Gasteiger partial charge on any atom is -0.355 e. The number of rotatable bonds is 4. The molecule has 3 aliphatic heterocycles. The molecule has 0 saturated carbocycles. The number of thioether (sulfide) groups is 1. The SMILES string of the molecule is CN1CCNC(=O)C12CCN(c1nc(NCc3ccc(Cl)cc3Cl)nc3c1SCC3)CC2. The fourth-order valence-corrected chi connectivity index (χ4v) is 6.36. The van der Waals surface area contributed by atoms with Crippen LogP contribution in [0.5, 0.6) is 0 Å². The van der Waals surface area contributed by atoms with Gasteiger partial charge >= 0.3 is 0 Å². The van der Waals surface area contributed by atoms with Gasteiger partial charge in [-0.05, 0) is 37.6 Å². The number of likely N-dealkylation sites (N-methyl/N-ethyl adjacent to an activating group) is 1. The van der Waals surface area contributed by atoms with E-state index in [1.54, 1.807) is 6.07 Å². The fraction of sp³-hybridized carbons (Fsp3) is 0.500. The Morgan fingerprint density at radius 1 is 1.22 bits per heavy atom. The zero-order valence-electron chi connectivity index (χ0n) is 18.0. The van der Waals surface area contributed by atoms with Crippen LogP contribution in [0.4, 0.5) is 11.8 Å². The number of piperazine rings is 1. The van der Waals surface area contributed by atoms with E-state index in [-0.39, 0.29) is 5.91 Å². The summed E-state index contributed by atoms with van der Waals surface area (Å²) in [6.45, 7) is 3.74. The van der Waals surface area contributed by atoms with E-state index < -0.39 is 5.54 Å². The maximum atomic E-state index is 12.7. The third-order valence-corrected chi connectivity index (χ3v) is 8.43. The summed E-state index contributed by atoms with van der Waals surface area (Å²) in [5, 5.41) is 7.65. The zero-order valence-corrected chi connectivity index (χ0v) is 20.3. The van der Waals surface area contributed by atoms with Gasteiger partial charge in [0.25, 0.3) is 0 Å². The number of nitrogens with one attached hydrogen (secondary N) is 2. The molecular formula is C22H26Cl2N6OS. The number of anilines is 2. The lowest BCUT2D eigenvalue weighted by Gasteiger charge is -2.48. The van der Waals surface area contributed by atoms with E-state index in [1.807, 2.05) is 23.9 Å². The lowest BCUT2D eigenvalue weighted by molar-refractivity contribution is -0.137. The molecule has 2 saturated heterocycles. The van der Waals surface area contributed by atoms with Crippen molar-refractivity contribution in [2.75, 3.05) is 49.2 Å². The second-order valence-corrected chi connectivity index (χ2v) is 10.5. The third kappa shape index (κ3) is 4.02. The fourth-order valence-electron chi connectivity index (χ4n) is 4.77. The summed E-state index contributed by atoms with van der Waals surface area (Å²) in [6.07, 6.45) is 2.53. The molecule has 0 radical (unpaired) electrons. The molecule has 1 amide bonds. The predicted octanol–water partition coefficient (Wildman–Crippen LogP) is 3.44. The molecule has 1 aromatic heterocycles. The molecule has 32 heavy (non-hydrogen) atoms. The average Bonchev–Trinajstić information content (AvgIpc) is 3.26. The van der Waals surface area contributed by atoms with E-state index in [0.29, 0.717) is 22.5 Å². The van der Waals surface area contributed by atoms with E-state index in [4.69, 9.17) is 33.2 Å². The van der Waals surface area contributed by atoms with Gasteiger partial charge < -0.3 is 15.5 Å². The number of carbonyl (C=O) groups is 1. The van der Waals surface area contributed by atoms with Crippen molar-refractivity contribution in [1.82, 2.24) is 20.2 Å². The van der Waals surface area contributed by atoms with E-state index >= 15 is 0 Å². The number of carbonyl (C=O) groups excluding carboxylic acids is 1. The zero-order chi connectivity index (χ0) is 22.3. The second-order valence-electron chi connectivity index (χ2n) is 8.53. The predicted molar refractivity (Wildman–Crippen MR) is 130 cm³/mol. The van der Waals surface area contributed by atoms with Gasteiger partial charge in [-0.1, -0.05) is 29.3 Å². The van der Waals surface area contributed by atoms with Crippen molar-refractivity contribution >= 4 is 52.6 Å². The van der Waals surface area contributed by atoms with Gasteiger partial charge in [-0.3, -0.25) is 9.69 Å². The number of aromatic nitrogens is 2. The molecule has 1 spiro atoms. The molecule has 0 aliphatic carbocycles. The van der Waals surface area contributed by atoms with Crippen molar-refractivity contribution in [3.05, 3.63) is 39.5 Å². The van der Waals surface area contributed by atoms with Gasteiger partial charge in [0, 0.05) is 54.9 Å². The van der Waals surface area contributed by atoms with Crippen molar-refractivity contribution in [1.29, 1.82) is 0 Å². The van der Waals surface area contributed by atoms with Crippen molar-refractivity contribution in [2.45, 2.75) is 36.2 Å². The Hall–Kier alpha value is -1.74. The molecule has 2 aromatic rings. The first-order valence-electron chi connectivity index (χ1n) is 10.9. The third-order valence-electron chi connectivity index (χ3n) is 6.73. The second kappa shape index (κ2) is 8.89. The van der Waals surface area contributed by atoms with Gasteiger partial charge in [-0.15, -0.1) is 11.8 Å². The lowest BCUT2D eigenvalue weighted by Crippen LogP contribution is -2.67. The van der Waals surface area contributed by atoms with E-state index in [2.05, 4.69) is 27.5 Å². The Morgan fingerprint density at radius 3 is 2.78 bits per heavy atom. The standard InChI is InChI=1S/C22H26Cl2N6OS/c1-29-10-7-25-20(31)22(29)5-8-30(9-6-22)19-18-17(4-11-32-18)27-21(28-19)26-13-14-2-3-15(23)12-16(14)24/h2-3,12H,4-11,13H2,1H3,(H,25,31)(H,26,27,28). The molecule has 170 valence electrons. The number of amides is 1. The number of benzene rings is 1. The molecule has 10 heteroatoms. The summed E-state index contributed by atoms with van der Waals surface area (Å²) in [4.78, 5) is 28.1. The van der Waals surface area contributed by atoms with Crippen LogP contribution in [0.15, 0.2) is 23.1 Å². The number of nitrogens with zero attached hydrogens (tertiary/aromatic N) is 4. The maximum Gasteiger partial charge on any atom is 0.240 e. The van der Waals surface area contributed by atoms with Gasteiger partial charge in [-0.2, -0.15) is 4.98 Å². The topological polar surface area (TPSA) is 73.4 Å².